The first-order valence-electron chi connectivity index (χ1n) is 8.29. The minimum absolute atomic E-state index is 0.0212. The van der Waals surface area contributed by atoms with Gasteiger partial charge in [0.25, 0.3) is 5.91 Å². The lowest BCUT2D eigenvalue weighted by Gasteiger charge is -2.21. The van der Waals surface area contributed by atoms with Gasteiger partial charge < -0.3 is 15.0 Å². The highest BCUT2D eigenvalue weighted by Crippen LogP contribution is 2.16. The van der Waals surface area contributed by atoms with Gasteiger partial charge in [-0.15, -0.1) is 0 Å². The van der Waals surface area contributed by atoms with E-state index in [0.717, 1.165) is 23.4 Å². The number of nitrogens with one attached hydrogen (secondary N) is 2. The van der Waals surface area contributed by atoms with Gasteiger partial charge in [0.15, 0.2) is 6.61 Å². The molecule has 4 nitrogen and oxygen atoms in total. The number of benzene rings is 2. The van der Waals surface area contributed by atoms with Gasteiger partial charge in [0.1, 0.15) is 18.3 Å². The van der Waals surface area contributed by atoms with Crippen molar-refractivity contribution in [1.29, 1.82) is 0 Å². The third-order valence-corrected chi connectivity index (χ3v) is 4.00. The van der Waals surface area contributed by atoms with E-state index < -0.39 is 0 Å². The van der Waals surface area contributed by atoms with E-state index in [-0.39, 0.29) is 18.6 Å². The first kappa shape index (κ1) is 18.0. The molecule has 0 aliphatic carbocycles. The molecule has 0 aliphatic heterocycles. The molecule has 0 fully saturated rings. The molecule has 0 unspecified atom stereocenters. The molecule has 2 N–H and O–H groups in total. The molecular formula is C20H27N2O2+. The summed E-state index contributed by atoms with van der Waals surface area (Å²) in [5, 5.41) is 3.08. The number of hydrogen-bond acceptors (Lipinski definition) is 2. The average Bonchev–Trinajstić information content (AvgIpc) is 2.56. The van der Waals surface area contributed by atoms with Gasteiger partial charge in [-0.1, -0.05) is 36.4 Å². The summed E-state index contributed by atoms with van der Waals surface area (Å²) in [6.45, 7) is 4.93. The molecule has 0 aromatic heterocycles. The van der Waals surface area contributed by atoms with Crippen molar-refractivity contribution in [2.24, 2.45) is 0 Å². The second-order valence-electron chi connectivity index (χ2n) is 6.48. The molecular weight excluding hydrogens is 300 g/mol. The molecule has 2 aromatic rings. The second-order valence-corrected chi connectivity index (χ2v) is 6.48. The molecule has 0 radical (unpaired) electrons. The molecule has 1 amide bonds. The van der Waals surface area contributed by atoms with Crippen LogP contribution in [0.4, 0.5) is 0 Å². The lowest BCUT2D eigenvalue weighted by molar-refractivity contribution is -0.860. The number of aryl methyl sites for hydroxylation is 2. The molecule has 0 aliphatic rings. The lowest BCUT2D eigenvalue weighted by atomic mass is 10.1. The van der Waals surface area contributed by atoms with Crippen LogP contribution in [0.3, 0.4) is 0 Å². The number of carbonyl (C=O) groups excluding carboxylic acids is 1. The van der Waals surface area contributed by atoms with Crippen molar-refractivity contribution >= 4 is 5.91 Å². The Morgan fingerprint density at radius 2 is 1.79 bits per heavy atom. The number of rotatable bonds is 7. The topological polar surface area (TPSA) is 42.8 Å². The maximum Gasteiger partial charge on any atom is 0.258 e. The number of hydrogen-bond donors (Lipinski definition) is 2. The molecule has 1 atom stereocenters. The van der Waals surface area contributed by atoms with Crippen molar-refractivity contribution in [2.45, 2.75) is 19.9 Å². The van der Waals surface area contributed by atoms with E-state index in [9.17, 15) is 4.79 Å². The minimum Gasteiger partial charge on any atom is -0.484 e. The number of ether oxygens (including phenoxy) is 1. The smallest absolute Gasteiger partial charge is 0.258 e. The zero-order valence-electron chi connectivity index (χ0n) is 14.9. The molecule has 0 heterocycles. The summed E-state index contributed by atoms with van der Waals surface area (Å²) in [5.41, 5.74) is 3.48. The van der Waals surface area contributed by atoms with Gasteiger partial charge >= 0.3 is 0 Å². The van der Waals surface area contributed by atoms with Gasteiger partial charge in [0.2, 0.25) is 0 Å². The largest absolute Gasteiger partial charge is 0.484 e. The Bertz CT molecular complexity index is 669. The molecule has 0 spiro atoms. The monoisotopic (exact) mass is 327 g/mol. The highest BCUT2D eigenvalue weighted by molar-refractivity contribution is 5.78. The highest BCUT2D eigenvalue weighted by atomic mass is 16.5. The van der Waals surface area contributed by atoms with Crippen molar-refractivity contribution in [3.8, 4) is 5.75 Å². The van der Waals surface area contributed by atoms with Crippen LogP contribution in [0.15, 0.2) is 48.5 Å². The summed E-state index contributed by atoms with van der Waals surface area (Å²) in [5.74, 6) is 0.617. The molecule has 128 valence electrons. The van der Waals surface area contributed by atoms with Crippen molar-refractivity contribution in [1.82, 2.24) is 5.32 Å². The van der Waals surface area contributed by atoms with Crippen molar-refractivity contribution in [3.05, 3.63) is 65.2 Å². The van der Waals surface area contributed by atoms with Gasteiger partial charge in [0.05, 0.1) is 14.1 Å². The summed E-state index contributed by atoms with van der Waals surface area (Å²) >= 11 is 0. The van der Waals surface area contributed by atoms with Gasteiger partial charge in [-0.05, 0) is 42.7 Å². The summed E-state index contributed by atoms with van der Waals surface area (Å²) < 4.78 is 5.63. The van der Waals surface area contributed by atoms with Crippen LogP contribution in [0.5, 0.6) is 5.75 Å². The fourth-order valence-electron chi connectivity index (χ4n) is 2.53. The maximum atomic E-state index is 12.3. The zero-order valence-corrected chi connectivity index (χ0v) is 14.9. The molecule has 0 bridgehead atoms. The Labute approximate surface area is 144 Å². The van der Waals surface area contributed by atoms with Crippen LogP contribution in [0.1, 0.15) is 22.7 Å². The SMILES string of the molecule is Cc1ccc(OCC(=O)N[C@@H](C[NH+](C)C)c2ccccc2)cc1C. The summed E-state index contributed by atoms with van der Waals surface area (Å²) in [7, 11) is 4.15. The van der Waals surface area contributed by atoms with E-state index in [0.29, 0.717) is 0 Å². The van der Waals surface area contributed by atoms with E-state index in [1.165, 1.54) is 10.5 Å². The number of amides is 1. The fraction of sp³-hybridized carbons (Fsp3) is 0.350. The zero-order chi connectivity index (χ0) is 17.5. The van der Waals surface area contributed by atoms with Gasteiger partial charge in [-0.25, -0.2) is 0 Å². The van der Waals surface area contributed by atoms with Crippen molar-refractivity contribution in [3.63, 3.8) is 0 Å². The Kier molecular flexibility index (Phi) is 6.38. The van der Waals surface area contributed by atoms with Gasteiger partial charge in [-0.3, -0.25) is 4.79 Å². The summed E-state index contributed by atoms with van der Waals surface area (Å²) in [4.78, 5) is 13.6. The first-order chi connectivity index (χ1) is 11.5. The number of likely N-dealkylation sites (N-methyl/N-ethyl adjacent to an activating group) is 1. The third-order valence-electron chi connectivity index (χ3n) is 4.00. The minimum atomic E-state index is -0.108. The number of quaternary nitrogens is 1. The number of carbonyl (C=O) groups is 1. The fourth-order valence-corrected chi connectivity index (χ4v) is 2.53. The summed E-state index contributed by atoms with van der Waals surface area (Å²) in [6.07, 6.45) is 0. The maximum absolute atomic E-state index is 12.3. The van der Waals surface area contributed by atoms with E-state index in [1.54, 1.807) is 0 Å². The molecule has 2 aromatic carbocycles. The molecule has 4 heteroatoms. The van der Waals surface area contributed by atoms with Crippen LogP contribution in [0.2, 0.25) is 0 Å². The van der Waals surface area contributed by atoms with Crippen LogP contribution in [-0.4, -0.2) is 33.2 Å². The molecule has 24 heavy (non-hydrogen) atoms. The average molecular weight is 327 g/mol. The van der Waals surface area contributed by atoms with Crippen molar-refractivity contribution in [2.75, 3.05) is 27.2 Å². The third kappa shape index (κ3) is 5.39. The first-order valence-corrected chi connectivity index (χ1v) is 8.29. The Morgan fingerprint density at radius 1 is 1.08 bits per heavy atom. The Balaban J connectivity index is 1.96. The standard InChI is InChI=1S/C20H26N2O2/c1-15-10-11-18(12-16(15)2)24-14-20(23)21-19(13-22(3)4)17-8-6-5-7-9-17/h5-12,19H,13-14H2,1-4H3,(H,21,23)/p+1/t19-/m0/s1. The van der Waals surface area contributed by atoms with Crippen LogP contribution in [0.25, 0.3) is 0 Å². The van der Waals surface area contributed by atoms with Gasteiger partial charge in [0, 0.05) is 0 Å². The quantitative estimate of drug-likeness (QED) is 0.813. The molecule has 0 saturated heterocycles. The Morgan fingerprint density at radius 3 is 2.42 bits per heavy atom. The van der Waals surface area contributed by atoms with E-state index in [4.69, 9.17) is 4.74 Å². The lowest BCUT2D eigenvalue weighted by Crippen LogP contribution is -3.06. The van der Waals surface area contributed by atoms with E-state index >= 15 is 0 Å². The van der Waals surface area contributed by atoms with E-state index in [2.05, 4.69) is 26.3 Å². The molecule has 2 rings (SSSR count). The summed E-state index contributed by atoms with van der Waals surface area (Å²) in [6, 6.07) is 15.9. The van der Waals surface area contributed by atoms with Crippen LogP contribution >= 0.6 is 0 Å². The van der Waals surface area contributed by atoms with Crippen molar-refractivity contribution < 1.29 is 14.4 Å². The Hall–Kier alpha value is -2.33. The molecule has 0 saturated carbocycles. The van der Waals surface area contributed by atoms with Gasteiger partial charge in [-0.2, -0.15) is 0 Å². The van der Waals surface area contributed by atoms with Crippen LogP contribution in [-0.2, 0) is 4.79 Å². The predicted octanol–water partition coefficient (Wildman–Crippen LogP) is 1.68. The normalized spacial score (nSPS) is 12.0. The van der Waals surface area contributed by atoms with E-state index in [1.807, 2.05) is 55.5 Å². The van der Waals surface area contributed by atoms with Crippen LogP contribution in [0, 0.1) is 13.8 Å². The second kappa shape index (κ2) is 8.50. The van der Waals surface area contributed by atoms with Crippen LogP contribution < -0.4 is 15.0 Å². The highest BCUT2D eigenvalue weighted by Gasteiger charge is 2.17. The predicted molar refractivity (Wildman–Crippen MR) is 96.4 cm³/mol.